The van der Waals surface area contributed by atoms with Crippen LogP contribution in [0.4, 0.5) is 4.39 Å². The largest absolute Gasteiger partial charge is 0.475 e. The number of nitrogens with zero attached hydrogens (tertiary/aromatic N) is 1. The SMILES string of the molecule is Fc1ccc(C2=NC(c3ccccc3)CO2)cc1. The highest BCUT2D eigenvalue weighted by molar-refractivity contribution is 5.95. The number of aliphatic imine (C=N–C) groups is 1. The van der Waals surface area contributed by atoms with Crippen molar-refractivity contribution < 1.29 is 9.13 Å². The first-order valence-corrected chi connectivity index (χ1v) is 5.84. The van der Waals surface area contributed by atoms with Crippen molar-refractivity contribution in [3.63, 3.8) is 0 Å². The van der Waals surface area contributed by atoms with Crippen LogP contribution in [0.1, 0.15) is 17.2 Å². The maximum atomic E-state index is 12.8. The molecule has 0 aliphatic carbocycles. The van der Waals surface area contributed by atoms with Gasteiger partial charge in [0.2, 0.25) is 5.90 Å². The Bertz CT molecular complexity index is 563. The molecule has 0 spiro atoms. The van der Waals surface area contributed by atoms with Gasteiger partial charge in [0, 0.05) is 5.56 Å². The van der Waals surface area contributed by atoms with Gasteiger partial charge in [-0.25, -0.2) is 9.38 Å². The molecular formula is C15H12FNO. The molecule has 1 heterocycles. The lowest BCUT2D eigenvalue weighted by atomic mass is 10.1. The minimum atomic E-state index is -0.253. The summed E-state index contributed by atoms with van der Waals surface area (Å²) in [5, 5.41) is 0. The molecule has 2 aromatic rings. The second-order valence-electron chi connectivity index (χ2n) is 4.18. The normalized spacial score (nSPS) is 18.3. The Labute approximate surface area is 105 Å². The molecule has 0 radical (unpaired) electrons. The Morgan fingerprint density at radius 3 is 2.44 bits per heavy atom. The van der Waals surface area contributed by atoms with Gasteiger partial charge < -0.3 is 4.74 Å². The number of hydrogen-bond acceptors (Lipinski definition) is 2. The van der Waals surface area contributed by atoms with Gasteiger partial charge >= 0.3 is 0 Å². The van der Waals surface area contributed by atoms with Gasteiger partial charge in [-0.1, -0.05) is 30.3 Å². The standard InChI is InChI=1S/C15H12FNO/c16-13-8-6-12(7-9-13)15-17-14(10-18-15)11-4-2-1-3-5-11/h1-9,14H,10H2. The number of ether oxygens (including phenoxy) is 1. The van der Waals surface area contributed by atoms with Gasteiger partial charge in [-0.2, -0.15) is 0 Å². The maximum Gasteiger partial charge on any atom is 0.216 e. The topological polar surface area (TPSA) is 21.6 Å². The van der Waals surface area contributed by atoms with E-state index in [1.165, 1.54) is 12.1 Å². The molecule has 1 aliphatic rings. The lowest BCUT2D eigenvalue weighted by Gasteiger charge is -2.03. The summed E-state index contributed by atoms with van der Waals surface area (Å²) in [4.78, 5) is 4.53. The second kappa shape index (κ2) is 4.61. The van der Waals surface area contributed by atoms with Crippen molar-refractivity contribution in [2.24, 2.45) is 4.99 Å². The predicted octanol–water partition coefficient (Wildman–Crippen LogP) is 3.34. The lowest BCUT2D eigenvalue weighted by molar-refractivity contribution is 0.320. The highest BCUT2D eigenvalue weighted by Gasteiger charge is 2.21. The number of hydrogen-bond donors (Lipinski definition) is 0. The summed E-state index contributed by atoms with van der Waals surface area (Å²) in [6.07, 6.45) is 0. The molecule has 0 saturated carbocycles. The average Bonchev–Trinajstić information content (AvgIpc) is 2.90. The van der Waals surface area contributed by atoms with Crippen molar-refractivity contribution in [2.45, 2.75) is 6.04 Å². The van der Waals surface area contributed by atoms with Crippen LogP contribution >= 0.6 is 0 Å². The molecule has 1 aliphatic heterocycles. The molecule has 1 atom stereocenters. The molecular weight excluding hydrogens is 229 g/mol. The molecule has 0 aromatic heterocycles. The third kappa shape index (κ3) is 2.12. The van der Waals surface area contributed by atoms with E-state index in [1.54, 1.807) is 12.1 Å². The van der Waals surface area contributed by atoms with Crippen molar-refractivity contribution in [1.82, 2.24) is 0 Å². The Hall–Kier alpha value is -2.16. The third-order valence-corrected chi connectivity index (χ3v) is 2.93. The van der Waals surface area contributed by atoms with Crippen LogP contribution < -0.4 is 0 Å². The summed E-state index contributed by atoms with van der Waals surface area (Å²) in [5.74, 6) is 0.334. The fourth-order valence-corrected chi connectivity index (χ4v) is 1.97. The molecule has 3 heteroatoms. The molecule has 0 fully saturated rings. The Morgan fingerprint density at radius 1 is 1.00 bits per heavy atom. The second-order valence-corrected chi connectivity index (χ2v) is 4.18. The molecule has 18 heavy (non-hydrogen) atoms. The Balaban J connectivity index is 1.86. The number of benzene rings is 2. The van der Waals surface area contributed by atoms with E-state index >= 15 is 0 Å². The van der Waals surface area contributed by atoms with Crippen molar-refractivity contribution in [3.05, 3.63) is 71.5 Å². The van der Waals surface area contributed by atoms with Crippen LogP contribution in [0.3, 0.4) is 0 Å². The van der Waals surface area contributed by atoms with E-state index in [0.717, 1.165) is 11.1 Å². The zero-order chi connectivity index (χ0) is 12.4. The van der Waals surface area contributed by atoms with Crippen LogP contribution in [0, 0.1) is 5.82 Å². The summed E-state index contributed by atoms with van der Waals surface area (Å²) in [7, 11) is 0. The van der Waals surface area contributed by atoms with Crippen molar-refractivity contribution in [3.8, 4) is 0 Å². The highest BCUT2D eigenvalue weighted by atomic mass is 19.1. The van der Waals surface area contributed by atoms with Gasteiger partial charge in [0.05, 0.1) is 0 Å². The van der Waals surface area contributed by atoms with Crippen LogP contribution in [0.15, 0.2) is 59.6 Å². The zero-order valence-electron chi connectivity index (χ0n) is 9.71. The summed E-state index contributed by atoms with van der Waals surface area (Å²) < 4.78 is 18.4. The fraction of sp³-hybridized carbons (Fsp3) is 0.133. The first-order valence-electron chi connectivity index (χ1n) is 5.84. The number of halogens is 1. The summed E-state index contributed by atoms with van der Waals surface area (Å²) in [5.41, 5.74) is 1.95. The average molecular weight is 241 g/mol. The fourth-order valence-electron chi connectivity index (χ4n) is 1.97. The lowest BCUT2D eigenvalue weighted by Crippen LogP contribution is -2.01. The minimum Gasteiger partial charge on any atom is -0.475 e. The minimum absolute atomic E-state index is 0.0336. The summed E-state index contributed by atoms with van der Waals surface area (Å²) >= 11 is 0. The van der Waals surface area contributed by atoms with Gasteiger partial charge in [0.1, 0.15) is 18.5 Å². The maximum absolute atomic E-state index is 12.8. The zero-order valence-corrected chi connectivity index (χ0v) is 9.71. The van der Waals surface area contributed by atoms with Crippen LogP contribution in [0.5, 0.6) is 0 Å². The monoisotopic (exact) mass is 241 g/mol. The smallest absolute Gasteiger partial charge is 0.216 e. The van der Waals surface area contributed by atoms with Crippen LogP contribution in [-0.4, -0.2) is 12.5 Å². The molecule has 90 valence electrons. The predicted molar refractivity (Wildman–Crippen MR) is 68.1 cm³/mol. The molecule has 0 amide bonds. The van der Waals surface area contributed by atoms with Crippen molar-refractivity contribution in [1.29, 1.82) is 0 Å². The van der Waals surface area contributed by atoms with Crippen molar-refractivity contribution in [2.75, 3.05) is 6.61 Å². The first-order chi connectivity index (χ1) is 8.83. The molecule has 0 bridgehead atoms. The van der Waals surface area contributed by atoms with Crippen molar-refractivity contribution >= 4 is 5.90 Å². The molecule has 3 rings (SSSR count). The number of rotatable bonds is 2. The van der Waals surface area contributed by atoms with E-state index in [4.69, 9.17) is 4.74 Å². The van der Waals surface area contributed by atoms with E-state index in [9.17, 15) is 4.39 Å². The van der Waals surface area contributed by atoms with Gasteiger partial charge in [-0.3, -0.25) is 0 Å². The molecule has 0 N–H and O–H groups in total. The molecule has 1 unspecified atom stereocenters. The molecule has 2 nitrogen and oxygen atoms in total. The molecule has 2 aromatic carbocycles. The van der Waals surface area contributed by atoms with Gasteiger partial charge in [-0.05, 0) is 29.8 Å². The summed E-state index contributed by atoms with van der Waals surface area (Å²) in [6, 6.07) is 16.2. The van der Waals surface area contributed by atoms with Gasteiger partial charge in [0.15, 0.2) is 0 Å². The van der Waals surface area contributed by atoms with Crippen LogP contribution in [-0.2, 0) is 4.74 Å². The summed E-state index contributed by atoms with van der Waals surface area (Å²) in [6.45, 7) is 0.538. The van der Waals surface area contributed by atoms with E-state index < -0.39 is 0 Å². The quantitative estimate of drug-likeness (QED) is 0.790. The Morgan fingerprint density at radius 2 is 1.72 bits per heavy atom. The molecule has 0 saturated heterocycles. The first kappa shape index (κ1) is 11.0. The van der Waals surface area contributed by atoms with Crippen LogP contribution in [0.25, 0.3) is 0 Å². The highest BCUT2D eigenvalue weighted by Crippen LogP contribution is 2.24. The van der Waals surface area contributed by atoms with Gasteiger partial charge in [-0.15, -0.1) is 0 Å². The van der Waals surface area contributed by atoms with E-state index in [0.29, 0.717) is 12.5 Å². The van der Waals surface area contributed by atoms with Gasteiger partial charge in [0.25, 0.3) is 0 Å². The Kier molecular flexibility index (Phi) is 2.81. The van der Waals surface area contributed by atoms with Crippen LogP contribution in [0.2, 0.25) is 0 Å². The van der Waals surface area contributed by atoms with E-state index in [-0.39, 0.29) is 11.9 Å². The third-order valence-electron chi connectivity index (χ3n) is 2.93. The van der Waals surface area contributed by atoms with E-state index in [1.807, 2.05) is 30.3 Å². The van der Waals surface area contributed by atoms with E-state index in [2.05, 4.69) is 4.99 Å².